The molecule has 2 nitrogen and oxygen atoms in total. The van der Waals surface area contributed by atoms with Crippen LogP contribution in [0.2, 0.25) is 0 Å². The predicted octanol–water partition coefficient (Wildman–Crippen LogP) is 4.34. The molecule has 1 atom stereocenters. The smallest absolute Gasteiger partial charge is 0.196 e. The number of ether oxygens (including phenoxy) is 1. The second-order valence-corrected chi connectivity index (χ2v) is 5.21. The van der Waals surface area contributed by atoms with Crippen LogP contribution in [0.3, 0.4) is 0 Å². The van der Waals surface area contributed by atoms with E-state index in [1.807, 2.05) is 75.4 Å². The van der Waals surface area contributed by atoms with Crippen LogP contribution < -0.4 is 0 Å². The number of hydrogen-bond acceptors (Lipinski definition) is 2. The second-order valence-electron chi connectivity index (χ2n) is 5.21. The summed E-state index contributed by atoms with van der Waals surface area (Å²) < 4.78 is 5.83. The molecule has 104 valence electrons. The molecule has 0 aliphatic heterocycles. The molecule has 0 saturated carbocycles. The molecular weight excluding hydrogens is 248 g/mol. The quantitative estimate of drug-likeness (QED) is 0.754. The van der Waals surface area contributed by atoms with Gasteiger partial charge in [-0.15, -0.1) is 0 Å². The summed E-state index contributed by atoms with van der Waals surface area (Å²) >= 11 is 0. The Labute approximate surface area is 120 Å². The first-order valence-corrected chi connectivity index (χ1v) is 6.89. The lowest BCUT2D eigenvalue weighted by Crippen LogP contribution is -2.20. The van der Waals surface area contributed by atoms with Gasteiger partial charge >= 0.3 is 0 Å². The molecule has 0 saturated heterocycles. The lowest BCUT2D eigenvalue weighted by molar-refractivity contribution is 0.0114. The van der Waals surface area contributed by atoms with Gasteiger partial charge in [0.15, 0.2) is 5.78 Å². The molecule has 0 aliphatic rings. The van der Waals surface area contributed by atoms with Crippen LogP contribution in [0.25, 0.3) is 0 Å². The number of carbonyl (C=O) groups is 1. The zero-order valence-electron chi connectivity index (χ0n) is 12.2. The summed E-state index contributed by atoms with van der Waals surface area (Å²) in [5.74, 6) is 0.00454. The summed E-state index contributed by atoms with van der Waals surface area (Å²) in [6, 6.07) is 17.3. The molecule has 2 heteroatoms. The molecule has 2 aromatic carbocycles. The number of hydrogen-bond donors (Lipinski definition) is 0. The minimum absolute atomic E-state index is 0.00454. The van der Waals surface area contributed by atoms with Crippen LogP contribution in [0.5, 0.6) is 0 Å². The maximum atomic E-state index is 12.7. The van der Waals surface area contributed by atoms with Crippen LogP contribution in [0.15, 0.2) is 54.6 Å². The van der Waals surface area contributed by atoms with Gasteiger partial charge in [-0.3, -0.25) is 4.79 Å². The average Bonchev–Trinajstić information content (AvgIpc) is 2.45. The summed E-state index contributed by atoms with van der Waals surface area (Å²) in [7, 11) is 0. The van der Waals surface area contributed by atoms with Crippen LogP contribution in [0.1, 0.15) is 41.4 Å². The molecule has 20 heavy (non-hydrogen) atoms. The molecule has 0 fully saturated rings. The van der Waals surface area contributed by atoms with Crippen molar-refractivity contribution in [3.8, 4) is 0 Å². The van der Waals surface area contributed by atoms with Gasteiger partial charge in [-0.2, -0.15) is 0 Å². The highest BCUT2D eigenvalue weighted by Gasteiger charge is 2.23. The molecule has 0 aliphatic carbocycles. The third-order valence-corrected chi connectivity index (χ3v) is 3.08. The molecule has 2 rings (SSSR count). The SMILES string of the molecule is Cc1ccc(C(=O)C(OC(C)C)c2ccccc2)cc1. The molecule has 0 heterocycles. The first-order chi connectivity index (χ1) is 9.58. The van der Waals surface area contributed by atoms with Crippen LogP contribution in [0.4, 0.5) is 0 Å². The van der Waals surface area contributed by atoms with Crippen molar-refractivity contribution in [1.29, 1.82) is 0 Å². The Balaban J connectivity index is 2.31. The van der Waals surface area contributed by atoms with E-state index in [0.717, 1.165) is 11.1 Å². The molecule has 0 amide bonds. The maximum absolute atomic E-state index is 12.7. The Kier molecular flexibility index (Phi) is 4.70. The van der Waals surface area contributed by atoms with Crippen molar-refractivity contribution in [2.24, 2.45) is 0 Å². The van der Waals surface area contributed by atoms with Gasteiger partial charge in [0.1, 0.15) is 6.10 Å². The standard InChI is InChI=1S/C18H20O2/c1-13(2)20-18(16-7-5-4-6-8-16)17(19)15-11-9-14(3)10-12-15/h4-13,18H,1-3H3. The monoisotopic (exact) mass is 268 g/mol. The fourth-order valence-electron chi connectivity index (χ4n) is 2.06. The molecule has 0 N–H and O–H groups in total. The third kappa shape index (κ3) is 3.55. The van der Waals surface area contributed by atoms with E-state index < -0.39 is 6.10 Å². The average molecular weight is 268 g/mol. The Morgan fingerprint density at radius 2 is 1.55 bits per heavy atom. The zero-order chi connectivity index (χ0) is 14.5. The van der Waals surface area contributed by atoms with E-state index in [4.69, 9.17) is 4.74 Å². The number of rotatable bonds is 5. The van der Waals surface area contributed by atoms with E-state index in [0.29, 0.717) is 5.56 Å². The molecule has 0 bridgehead atoms. The lowest BCUT2D eigenvalue weighted by atomic mass is 9.99. The van der Waals surface area contributed by atoms with Crippen LogP contribution >= 0.6 is 0 Å². The van der Waals surface area contributed by atoms with Crippen molar-refractivity contribution in [2.75, 3.05) is 0 Å². The highest BCUT2D eigenvalue weighted by molar-refractivity contribution is 6.00. The summed E-state index contributed by atoms with van der Waals surface area (Å²) in [4.78, 5) is 12.7. The molecular formula is C18H20O2. The summed E-state index contributed by atoms with van der Waals surface area (Å²) in [5.41, 5.74) is 2.72. The fourth-order valence-corrected chi connectivity index (χ4v) is 2.06. The maximum Gasteiger partial charge on any atom is 0.196 e. The van der Waals surface area contributed by atoms with E-state index in [2.05, 4.69) is 0 Å². The van der Waals surface area contributed by atoms with Gasteiger partial charge in [0, 0.05) is 5.56 Å². The third-order valence-electron chi connectivity index (χ3n) is 3.08. The summed E-state index contributed by atoms with van der Waals surface area (Å²) in [6.45, 7) is 5.89. The molecule has 2 aromatic rings. The lowest BCUT2D eigenvalue weighted by Gasteiger charge is -2.20. The largest absolute Gasteiger partial charge is 0.363 e. The van der Waals surface area contributed by atoms with Gasteiger partial charge in [-0.05, 0) is 26.3 Å². The summed E-state index contributed by atoms with van der Waals surface area (Å²) in [5, 5.41) is 0. The Morgan fingerprint density at radius 3 is 2.10 bits per heavy atom. The van der Waals surface area contributed by atoms with E-state index in [-0.39, 0.29) is 11.9 Å². The first kappa shape index (κ1) is 14.5. The predicted molar refractivity (Wildman–Crippen MR) is 80.9 cm³/mol. The van der Waals surface area contributed by atoms with Crippen molar-refractivity contribution in [1.82, 2.24) is 0 Å². The fraction of sp³-hybridized carbons (Fsp3) is 0.278. The van der Waals surface area contributed by atoms with Crippen LogP contribution in [-0.4, -0.2) is 11.9 Å². The van der Waals surface area contributed by atoms with Gasteiger partial charge in [-0.25, -0.2) is 0 Å². The number of aryl methyl sites for hydroxylation is 1. The highest BCUT2D eigenvalue weighted by atomic mass is 16.5. The second kappa shape index (κ2) is 6.49. The van der Waals surface area contributed by atoms with E-state index in [9.17, 15) is 4.79 Å². The minimum Gasteiger partial charge on any atom is -0.363 e. The van der Waals surface area contributed by atoms with Crippen molar-refractivity contribution >= 4 is 5.78 Å². The zero-order valence-corrected chi connectivity index (χ0v) is 12.2. The number of ketones is 1. The number of benzene rings is 2. The summed E-state index contributed by atoms with van der Waals surface area (Å²) in [6.07, 6.45) is -0.548. The van der Waals surface area contributed by atoms with Gasteiger partial charge < -0.3 is 4.74 Å². The van der Waals surface area contributed by atoms with Crippen molar-refractivity contribution in [2.45, 2.75) is 33.0 Å². The first-order valence-electron chi connectivity index (χ1n) is 6.89. The topological polar surface area (TPSA) is 26.3 Å². The molecule has 0 spiro atoms. The van der Waals surface area contributed by atoms with E-state index in [1.165, 1.54) is 0 Å². The number of carbonyl (C=O) groups excluding carboxylic acids is 1. The molecule has 1 unspecified atom stereocenters. The van der Waals surface area contributed by atoms with Crippen molar-refractivity contribution in [3.63, 3.8) is 0 Å². The molecule has 0 radical (unpaired) electrons. The van der Waals surface area contributed by atoms with E-state index in [1.54, 1.807) is 0 Å². The van der Waals surface area contributed by atoms with Crippen LogP contribution in [0, 0.1) is 6.92 Å². The van der Waals surface area contributed by atoms with Crippen molar-refractivity contribution in [3.05, 3.63) is 71.3 Å². The van der Waals surface area contributed by atoms with Gasteiger partial charge in [0.25, 0.3) is 0 Å². The van der Waals surface area contributed by atoms with Crippen molar-refractivity contribution < 1.29 is 9.53 Å². The minimum atomic E-state index is -0.543. The van der Waals surface area contributed by atoms with Gasteiger partial charge in [0.05, 0.1) is 6.10 Å². The Bertz CT molecular complexity index is 556. The van der Waals surface area contributed by atoms with Gasteiger partial charge in [-0.1, -0.05) is 60.2 Å². The Hall–Kier alpha value is -1.93. The van der Waals surface area contributed by atoms with Gasteiger partial charge in [0.2, 0.25) is 0 Å². The molecule has 0 aromatic heterocycles. The number of Topliss-reactive ketones (excluding diaryl/α,β-unsaturated/α-hetero) is 1. The Morgan fingerprint density at radius 1 is 0.950 bits per heavy atom. The normalized spacial score (nSPS) is 12.4. The highest BCUT2D eigenvalue weighted by Crippen LogP contribution is 2.24. The van der Waals surface area contributed by atoms with E-state index >= 15 is 0 Å². The van der Waals surface area contributed by atoms with Crippen LogP contribution in [-0.2, 0) is 4.74 Å².